The Balaban J connectivity index is 2.21. The van der Waals surface area contributed by atoms with Crippen LogP contribution in [0.1, 0.15) is 10.6 Å². The molecule has 2 aromatic rings. The van der Waals surface area contributed by atoms with Crippen LogP contribution in [0.5, 0.6) is 0 Å². The summed E-state index contributed by atoms with van der Waals surface area (Å²) in [5.41, 5.74) is 7.17. The van der Waals surface area contributed by atoms with Gasteiger partial charge in [-0.15, -0.1) is 11.3 Å². The van der Waals surface area contributed by atoms with E-state index in [1.165, 1.54) is 0 Å². The van der Waals surface area contributed by atoms with Gasteiger partial charge in [0.2, 0.25) is 0 Å². The SMILES string of the molecule is NC(=S)c1c(Cl)cccc1NCc1nccs1. The van der Waals surface area contributed by atoms with Crippen LogP contribution in [0.25, 0.3) is 0 Å². The average molecular weight is 284 g/mol. The van der Waals surface area contributed by atoms with Crippen LogP contribution in [-0.4, -0.2) is 9.97 Å². The second kappa shape index (κ2) is 5.44. The van der Waals surface area contributed by atoms with Crippen molar-refractivity contribution in [2.45, 2.75) is 6.54 Å². The first-order valence-electron chi connectivity index (χ1n) is 4.89. The Bertz CT molecular complexity index is 526. The molecule has 3 nitrogen and oxygen atoms in total. The number of nitrogens with zero attached hydrogens (tertiary/aromatic N) is 1. The third-order valence-electron chi connectivity index (χ3n) is 2.17. The number of nitrogens with two attached hydrogens (primary N) is 1. The van der Waals surface area contributed by atoms with Gasteiger partial charge >= 0.3 is 0 Å². The summed E-state index contributed by atoms with van der Waals surface area (Å²) in [5, 5.41) is 6.72. The van der Waals surface area contributed by atoms with Crippen LogP contribution in [0.4, 0.5) is 5.69 Å². The Morgan fingerprint density at radius 1 is 1.53 bits per heavy atom. The molecule has 17 heavy (non-hydrogen) atoms. The minimum atomic E-state index is 0.289. The molecule has 0 unspecified atom stereocenters. The number of benzene rings is 1. The maximum absolute atomic E-state index is 6.06. The quantitative estimate of drug-likeness (QED) is 0.847. The maximum Gasteiger partial charge on any atom is 0.112 e. The molecule has 0 radical (unpaired) electrons. The van der Waals surface area contributed by atoms with Crippen LogP contribution in [0.3, 0.4) is 0 Å². The lowest BCUT2D eigenvalue weighted by Crippen LogP contribution is -2.13. The summed E-state index contributed by atoms with van der Waals surface area (Å²) < 4.78 is 0. The van der Waals surface area contributed by atoms with Gasteiger partial charge in [0, 0.05) is 17.3 Å². The number of thiazole rings is 1. The largest absolute Gasteiger partial charge is 0.389 e. The molecular weight excluding hydrogens is 274 g/mol. The van der Waals surface area contributed by atoms with Crippen molar-refractivity contribution < 1.29 is 0 Å². The van der Waals surface area contributed by atoms with Crippen LogP contribution < -0.4 is 11.1 Å². The van der Waals surface area contributed by atoms with E-state index in [4.69, 9.17) is 29.6 Å². The minimum Gasteiger partial charge on any atom is -0.389 e. The fourth-order valence-electron chi connectivity index (χ4n) is 1.43. The molecule has 0 atom stereocenters. The monoisotopic (exact) mass is 283 g/mol. The summed E-state index contributed by atoms with van der Waals surface area (Å²) in [6.07, 6.45) is 1.77. The summed E-state index contributed by atoms with van der Waals surface area (Å²) in [5.74, 6) is 0. The van der Waals surface area contributed by atoms with Crippen molar-refractivity contribution in [2.75, 3.05) is 5.32 Å². The molecule has 0 aliphatic heterocycles. The number of nitrogens with one attached hydrogen (secondary N) is 1. The number of rotatable bonds is 4. The number of anilines is 1. The van der Waals surface area contributed by atoms with Gasteiger partial charge in [-0.25, -0.2) is 4.98 Å². The van der Waals surface area contributed by atoms with Gasteiger partial charge in [0.05, 0.1) is 17.1 Å². The van der Waals surface area contributed by atoms with Gasteiger partial charge < -0.3 is 11.1 Å². The zero-order chi connectivity index (χ0) is 12.3. The second-order valence-corrected chi connectivity index (χ2v) is 5.13. The molecule has 0 aliphatic carbocycles. The van der Waals surface area contributed by atoms with Gasteiger partial charge in [-0.3, -0.25) is 0 Å². The fraction of sp³-hybridized carbons (Fsp3) is 0.0909. The van der Waals surface area contributed by atoms with Crippen molar-refractivity contribution in [3.63, 3.8) is 0 Å². The molecular formula is C11H10ClN3S2. The standard InChI is InChI=1S/C11H10ClN3S2/c12-7-2-1-3-8(10(7)11(13)16)15-6-9-14-4-5-17-9/h1-5,15H,6H2,(H2,13,16). The lowest BCUT2D eigenvalue weighted by molar-refractivity contribution is 1.10. The molecule has 6 heteroatoms. The summed E-state index contributed by atoms with van der Waals surface area (Å²) in [4.78, 5) is 4.48. The van der Waals surface area contributed by atoms with Crippen LogP contribution in [0, 0.1) is 0 Å². The van der Waals surface area contributed by atoms with Gasteiger partial charge in [0.25, 0.3) is 0 Å². The van der Waals surface area contributed by atoms with E-state index < -0.39 is 0 Å². The van der Waals surface area contributed by atoms with Crippen LogP contribution in [-0.2, 0) is 6.54 Å². The zero-order valence-corrected chi connectivity index (χ0v) is 11.2. The van der Waals surface area contributed by atoms with Gasteiger partial charge in [0.1, 0.15) is 10.00 Å². The summed E-state index contributed by atoms with van der Waals surface area (Å²) in [6.45, 7) is 0.633. The first kappa shape index (κ1) is 12.3. The van der Waals surface area contributed by atoms with E-state index in [0.717, 1.165) is 10.7 Å². The maximum atomic E-state index is 6.06. The van der Waals surface area contributed by atoms with Crippen LogP contribution >= 0.6 is 35.2 Å². The summed E-state index contributed by atoms with van der Waals surface area (Å²) in [7, 11) is 0. The number of thiocarbonyl (C=S) groups is 1. The first-order chi connectivity index (χ1) is 8.18. The molecule has 1 heterocycles. The molecule has 0 fully saturated rings. The van der Waals surface area contributed by atoms with E-state index in [0.29, 0.717) is 17.1 Å². The number of hydrogen-bond donors (Lipinski definition) is 2. The highest BCUT2D eigenvalue weighted by Crippen LogP contribution is 2.24. The molecule has 1 aromatic heterocycles. The zero-order valence-electron chi connectivity index (χ0n) is 8.81. The van der Waals surface area contributed by atoms with Crippen molar-refractivity contribution in [3.8, 4) is 0 Å². The van der Waals surface area contributed by atoms with Crippen molar-refractivity contribution in [2.24, 2.45) is 5.73 Å². The molecule has 0 saturated carbocycles. The predicted octanol–water partition coefficient (Wildman–Crippen LogP) is 3.04. The van der Waals surface area contributed by atoms with E-state index in [1.54, 1.807) is 23.6 Å². The fourth-order valence-corrected chi connectivity index (χ4v) is 2.54. The number of aromatic nitrogens is 1. The molecule has 88 valence electrons. The van der Waals surface area contributed by atoms with Crippen molar-refractivity contribution in [1.29, 1.82) is 0 Å². The Hall–Kier alpha value is -1.17. The minimum absolute atomic E-state index is 0.289. The van der Waals surface area contributed by atoms with Crippen molar-refractivity contribution in [3.05, 3.63) is 45.4 Å². The van der Waals surface area contributed by atoms with E-state index in [-0.39, 0.29) is 4.99 Å². The normalized spacial score (nSPS) is 10.2. The van der Waals surface area contributed by atoms with E-state index in [1.807, 2.05) is 17.5 Å². The Labute approximate surface area is 114 Å². The lowest BCUT2D eigenvalue weighted by atomic mass is 10.1. The summed E-state index contributed by atoms with van der Waals surface area (Å²) >= 11 is 12.6. The molecule has 2 rings (SSSR count). The second-order valence-electron chi connectivity index (χ2n) is 3.31. The Morgan fingerprint density at radius 3 is 3.00 bits per heavy atom. The number of hydrogen-bond acceptors (Lipinski definition) is 4. The van der Waals surface area contributed by atoms with Gasteiger partial charge in [0.15, 0.2) is 0 Å². The molecule has 0 aliphatic rings. The molecule has 0 spiro atoms. The molecule has 0 bridgehead atoms. The third-order valence-corrected chi connectivity index (χ3v) is 3.47. The Kier molecular flexibility index (Phi) is 3.93. The van der Waals surface area contributed by atoms with Gasteiger partial charge in [-0.2, -0.15) is 0 Å². The van der Waals surface area contributed by atoms with Gasteiger partial charge in [-0.1, -0.05) is 29.9 Å². The Morgan fingerprint density at radius 2 is 2.35 bits per heavy atom. The average Bonchev–Trinajstić information content (AvgIpc) is 2.78. The van der Waals surface area contributed by atoms with Gasteiger partial charge in [-0.05, 0) is 12.1 Å². The van der Waals surface area contributed by atoms with Crippen molar-refractivity contribution >= 4 is 45.8 Å². The van der Waals surface area contributed by atoms with E-state index in [2.05, 4.69) is 10.3 Å². The van der Waals surface area contributed by atoms with E-state index in [9.17, 15) is 0 Å². The predicted molar refractivity (Wildman–Crippen MR) is 76.8 cm³/mol. The lowest BCUT2D eigenvalue weighted by Gasteiger charge is -2.11. The molecule has 0 saturated heterocycles. The molecule has 0 amide bonds. The third kappa shape index (κ3) is 2.94. The molecule has 1 aromatic carbocycles. The number of halogens is 1. The van der Waals surface area contributed by atoms with Crippen LogP contribution in [0.15, 0.2) is 29.8 Å². The topological polar surface area (TPSA) is 50.9 Å². The summed E-state index contributed by atoms with van der Waals surface area (Å²) in [6, 6.07) is 5.52. The highest BCUT2D eigenvalue weighted by molar-refractivity contribution is 7.80. The highest BCUT2D eigenvalue weighted by Gasteiger charge is 2.09. The highest BCUT2D eigenvalue weighted by atomic mass is 35.5. The van der Waals surface area contributed by atoms with Crippen LogP contribution in [0.2, 0.25) is 5.02 Å². The van der Waals surface area contributed by atoms with Crippen molar-refractivity contribution in [1.82, 2.24) is 4.98 Å². The molecule has 3 N–H and O–H groups in total. The van der Waals surface area contributed by atoms with E-state index >= 15 is 0 Å². The first-order valence-corrected chi connectivity index (χ1v) is 6.55. The smallest absolute Gasteiger partial charge is 0.112 e.